The summed E-state index contributed by atoms with van der Waals surface area (Å²) < 4.78 is 5.22. The van der Waals surface area contributed by atoms with Crippen LogP contribution >= 0.6 is 0 Å². The topological polar surface area (TPSA) is 55.2 Å². The molecule has 1 aromatic heterocycles. The first-order valence-corrected chi connectivity index (χ1v) is 5.74. The summed E-state index contributed by atoms with van der Waals surface area (Å²) in [7, 11) is 1.65. The van der Waals surface area contributed by atoms with Crippen molar-refractivity contribution in [3.63, 3.8) is 0 Å². The van der Waals surface area contributed by atoms with Crippen molar-refractivity contribution in [3.8, 4) is 17.1 Å². The van der Waals surface area contributed by atoms with Crippen LogP contribution in [0.3, 0.4) is 0 Å². The van der Waals surface area contributed by atoms with Crippen LogP contribution in [0.1, 0.15) is 17.0 Å². The summed E-state index contributed by atoms with van der Waals surface area (Å²) in [5.74, 6) is 1.47. The van der Waals surface area contributed by atoms with Gasteiger partial charge in [0.15, 0.2) is 5.82 Å². The van der Waals surface area contributed by atoms with Crippen molar-refractivity contribution in [2.75, 3.05) is 7.11 Å². The zero-order valence-electron chi connectivity index (χ0n) is 10.8. The fourth-order valence-corrected chi connectivity index (χ4v) is 1.86. The number of aryl methyl sites for hydroxylation is 2. The summed E-state index contributed by atoms with van der Waals surface area (Å²) in [6.07, 6.45) is 0. The van der Waals surface area contributed by atoms with Gasteiger partial charge in [-0.25, -0.2) is 9.97 Å². The molecule has 0 bridgehead atoms. The van der Waals surface area contributed by atoms with Crippen LogP contribution in [0.25, 0.3) is 11.4 Å². The Hall–Kier alpha value is -1.94. The minimum atomic E-state index is -0.0779. The highest BCUT2D eigenvalue weighted by Crippen LogP contribution is 2.24. The normalized spacial score (nSPS) is 10.4. The van der Waals surface area contributed by atoms with E-state index < -0.39 is 0 Å². The lowest BCUT2D eigenvalue weighted by atomic mass is 10.1. The molecular formula is C14H16N2O2. The van der Waals surface area contributed by atoms with Gasteiger partial charge in [-0.3, -0.25) is 0 Å². The Morgan fingerprint density at radius 2 is 1.94 bits per heavy atom. The Kier molecular flexibility index (Phi) is 3.58. The monoisotopic (exact) mass is 244 g/mol. The molecule has 94 valence electrons. The standard InChI is InChI=1S/C14H16N2O2/c1-9-6-11(4-5-13(9)18-3)14-15-10(2)7-12(8-17)16-14/h4-7,17H,8H2,1-3H3. The fraction of sp³-hybridized carbons (Fsp3) is 0.286. The SMILES string of the molecule is COc1ccc(-c2nc(C)cc(CO)n2)cc1C. The third kappa shape index (κ3) is 2.49. The van der Waals surface area contributed by atoms with Crippen LogP contribution < -0.4 is 4.74 Å². The Labute approximate surface area is 106 Å². The summed E-state index contributed by atoms with van der Waals surface area (Å²) in [5.41, 5.74) is 3.43. The van der Waals surface area contributed by atoms with Gasteiger partial charge in [0.05, 0.1) is 19.4 Å². The van der Waals surface area contributed by atoms with Crippen molar-refractivity contribution in [1.82, 2.24) is 9.97 Å². The first kappa shape index (κ1) is 12.5. The van der Waals surface area contributed by atoms with Gasteiger partial charge in [-0.05, 0) is 43.7 Å². The van der Waals surface area contributed by atoms with E-state index in [1.807, 2.05) is 32.0 Å². The molecule has 0 fully saturated rings. The van der Waals surface area contributed by atoms with Crippen molar-refractivity contribution < 1.29 is 9.84 Å². The number of aliphatic hydroxyl groups excluding tert-OH is 1. The third-order valence-corrected chi connectivity index (χ3v) is 2.72. The maximum Gasteiger partial charge on any atom is 0.159 e. The molecule has 0 atom stereocenters. The molecule has 4 heteroatoms. The average Bonchev–Trinajstić information content (AvgIpc) is 2.37. The molecule has 2 aromatic rings. The molecule has 2 rings (SSSR count). The lowest BCUT2D eigenvalue weighted by Crippen LogP contribution is -1.98. The number of methoxy groups -OCH3 is 1. The minimum Gasteiger partial charge on any atom is -0.496 e. The third-order valence-electron chi connectivity index (χ3n) is 2.72. The minimum absolute atomic E-state index is 0.0779. The van der Waals surface area contributed by atoms with E-state index in [-0.39, 0.29) is 6.61 Å². The number of hydrogen-bond acceptors (Lipinski definition) is 4. The number of rotatable bonds is 3. The molecule has 1 N–H and O–H groups in total. The molecule has 0 spiro atoms. The maximum absolute atomic E-state index is 9.16. The van der Waals surface area contributed by atoms with Gasteiger partial charge in [0.25, 0.3) is 0 Å². The first-order valence-electron chi connectivity index (χ1n) is 5.74. The summed E-state index contributed by atoms with van der Waals surface area (Å²) >= 11 is 0. The molecule has 0 saturated carbocycles. The molecule has 0 saturated heterocycles. The van der Waals surface area contributed by atoms with E-state index in [9.17, 15) is 0 Å². The van der Waals surface area contributed by atoms with Crippen LogP contribution in [0, 0.1) is 13.8 Å². The quantitative estimate of drug-likeness (QED) is 0.899. The average molecular weight is 244 g/mol. The number of hydrogen-bond donors (Lipinski definition) is 1. The highest BCUT2D eigenvalue weighted by atomic mass is 16.5. The number of aromatic nitrogens is 2. The molecule has 0 aliphatic heterocycles. The van der Waals surface area contributed by atoms with Gasteiger partial charge in [0.1, 0.15) is 5.75 Å². The van der Waals surface area contributed by atoms with Crippen molar-refractivity contribution in [1.29, 1.82) is 0 Å². The van der Waals surface area contributed by atoms with E-state index in [0.717, 1.165) is 22.6 Å². The molecule has 0 aliphatic rings. The Balaban J connectivity index is 2.48. The summed E-state index contributed by atoms with van der Waals surface area (Å²) in [5, 5.41) is 9.16. The second kappa shape index (κ2) is 5.14. The molecule has 0 amide bonds. The van der Waals surface area contributed by atoms with Gasteiger partial charge in [0.2, 0.25) is 0 Å². The highest BCUT2D eigenvalue weighted by Gasteiger charge is 2.07. The Morgan fingerprint density at radius 3 is 2.56 bits per heavy atom. The van der Waals surface area contributed by atoms with Gasteiger partial charge >= 0.3 is 0 Å². The molecule has 4 nitrogen and oxygen atoms in total. The van der Waals surface area contributed by atoms with Gasteiger partial charge < -0.3 is 9.84 Å². The zero-order valence-corrected chi connectivity index (χ0v) is 10.8. The van der Waals surface area contributed by atoms with E-state index in [0.29, 0.717) is 11.5 Å². The number of ether oxygens (including phenoxy) is 1. The van der Waals surface area contributed by atoms with Crippen LogP contribution in [-0.4, -0.2) is 22.2 Å². The van der Waals surface area contributed by atoms with Crippen LogP contribution in [-0.2, 0) is 6.61 Å². The molecule has 0 aliphatic carbocycles. The Morgan fingerprint density at radius 1 is 1.17 bits per heavy atom. The molecular weight excluding hydrogens is 228 g/mol. The van der Waals surface area contributed by atoms with Crippen LogP contribution in [0.4, 0.5) is 0 Å². The molecule has 18 heavy (non-hydrogen) atoms. The van der Waals surface area contributed by atoms with Crippen molar-refractivity contribution >= 4 is 0 Å². The molecule has 1 aromatic carbocycles. The molecule has 0 unspecified atom stereocenters. The smallest absolute Gasteiger partial charge is 0.159 e. The summed E-state index contributed by atoms with van der Waals surface area (Å²) in [6, 6.07) is 7.57. The highest BCUT2D eigenvalue weighted by molar-refractivity contribution is 5.58. The van der Waals surface area contributed by atoms with Gasteiger partial charge in [0, 0.05) is 11.3 Å². The Bertz CT molecular complexity index is 568. The fourth-order valence-electron chi connectivity index (χ4n) is 1.86. The molecule has 1 heterocycles. The van der Waals surface area contributed by atoms with E-state index in [1.54, 1.807) is 13.2 Å². The van der Waals surface area contributed by atoms with Gasteiger partial charge in [-0.2, -0.15) is 0 Å². The predicted molar refractivity (Wildman–Crippen MR) is 69.4 cm³/mol. The lowest BCUT2D eigenvalue weighted by molar-refractivity contribution is 0.276. The number of nitrogens with zero attached hydrogens (tertiary/aromatic N) is 2. The summed E-state index contributed by atoms with van der Waals surface area (Å²) in [6.45, 7) is 3.79. The number of benzene rings is 1. The van der Waals surface area contributed by atoms with E-state index in [2.05, 4.69) is 9.97 Å². The first-order chi connectivity index (χ1) is 8.63. The van der Waals surface area contributed by atoms with Gasteiger partial charge in [-0.15, -0.1) is 0 Å². The van der Waals surface area contributed by atoms with Crippen molar-refractivity contribution in [3.05, 3.63) is 41.2 Å². The van der Waals surface area contributed by atoms with E-state index in [1.165, 1.54) is 0 Å². The second-order valence-electron chi connectivity index (χ2n) is 4.17. The second-order valence-corrected chi connectivity index (χ2v) is 4.17. The largest absolute Gasteiger partial charge is 0.496 e. The number of aliphatic hydroxyl groups is 1. The molecule has 0 radical (unpaired) electrons. The van der Waals surface area contributed by atoms with Crippen LogP contribution in [0.5, 0.6) is 5.75 Å². The van der Waals surface area contributed by atoms with Crippen LogP contribution in [0.2, 0.25) is 0 Å². The van der Waals surface area contributed by atoms with E-state index in [4.69, 9.17) is 9.84 Å². The predicted octanol–water partition coefficient (Wildman–Crippen LogP) is 2.26. The van der Waals surface area contributed by atoms with E-state index >= 15 is 0 Å². The zero-order chi connectivity index (χ0) is 13.1. The van der Waals surface area contributed by atoms with Gasteiger partial charge in [-0.1, -0.05) is 0 Å². The summed E-state index contributed by atoms with van der Waals surface area (Å²) in [4.78, 5) is 8.70. The van der Waals surface area contributed by atoms with Crippen molar-refractivity contribution in [2.45, 2.75) is 20.5 Å². The van der Waals surface area contributed by atoms with Crippen LogP contribution in [0.15, 0.2) is 24.3 Å². The maximum atomic E-state index is 9.16. The van der Waals surface area contributed by atoms with Crippen molar-refractivity contribution in [2.24, 2.45) is 0 Å². The lowest BCUT2D eigenvalue weighted by Gasteiger charge is -2.08.